The van der Waals surface area contributed by atoms with Crippen LogP contribution < -0.4 is 4.90 Å². The maximum Gasteiger partial charge on any atom is 0.272 e. The molecule has 2 aliphatic heterocycles. The zero-order chi connectivity index (χ0) is 18.6. The minimum Gasteiger partial charge on any atom is -0.356 e. The van der Waals surface area contributed by atoms with Gasteiger partial charge in [-0.15, -0.1) is 0 Å². The van der Waals surface area contributed by atoms with Crippen molar-refractivity contribution in [1.82, 2.24) is 19.8 Å². The fraction of sp³-hybridized carbons (Fsp3) is 0.476. The van der Waals surface area contributed by atoms with Crippen LogP contribution in [0.4, 0.5) is 5.82 Å². The smallest absolute Gasteiger partial charge is 0.272 e. The average molecular weight is 365 g/mol. The first-order chi connectivity index (χ1) is 13.2. The van der Waals surface area contributed by atoms with Crippen molar-refractivity contribution in [3.05, 3.63) is 42.1 Å². The van der Waals surface area contributed by atoms with Crippen LogP contribution in [0.3, 0.4) is 0 Å². The zero-order valence-electron chi connectivity index (χ0n) is 16.0. The molecule has 0 spiro atoms. The van der Waals surface area contributed by atoms with Crippen molar-refractivity contribution >= 4 is 11.7 Å². The van der Waals surface area contributed by atoms with Gasteiger partial charge in [0.05, 0.1) is 0 Å². The van der Waals surface area contributed by atoms with Crippen LogP contribution in [0.1, 0.15) is 29.8 Å². The predicted octanol–water partition coefficient (Wildman–Crippen LogP) is 2.52. The van der Waals surface area contributed by atoms with Crippen LogP contribution in [-0.4, -0.2) is 72.0 Å². The maximum absolute atomic E-state index is 13.1. The van der Waals surface area contributed by atoms with E-state index in [9.17, 15) is 4.79 Å². The van der Waals surface area contributed by atoms with E-state index in [1.807, 2.05) is 41.3 Å². The Morgan fingerprint density at radius 1 is 0.889 bits per heavy atom. The molecule has 2 saturated heterocycles. The molecule has 1 amide bonds. The largest absolute Gasteiger partial charge is 0.356 e. The molecule has 0 unspecified atom stereocenters. The van der Waals surface area contributed by atoms with Crippen molar-refractivity contribution in [3.63, 3.8) is 0 Å². The maximum atomic E-state index is 13.1. The number of benzene rings is 1. The van der Waals surface area contributed by atoms with Crippen LogP contribution in [0.15, 0.2) is 36.4 Å². The van der Waals surface area contributed by atoms with Gasteiger partial charge in [-0.05, 0) is 26.3 Å². The van der Waals surface area contributed by atoms with Crippen molar-refractivity contribution < 1.29 is 4.79 Å². The Hall–Kier alpha value is -2.47. The molecule has 2 fully saturated rings. The van der Waals surface area contributed by atoms with Gasteiger partial charge in [-0.3, -0.25) is 4.79 Å². The summed E-state index contributed by atoms with van der Waals surface area (Å²) in [5.41, 5.74) is 1.46. The second-order valence-electron chi connectivity index (χ2n) is 7.44. The molecule has 1 aromatic carbocycles. The lowest BCUT2D eigenvalue weighted by Gasteiger charge is -2.32. The van der Waals surface area contributed by atoms with Crippen LogP contribution in [0, 0.1) is 0 Å². The molecule has 3 heterocycles. The second kappa shape index (κ2) is 8.05. The van der Waals surface area contributed by atoms with Crippen LogP contribution in [0.2, 0.25) is 0 Å². The van der Waals surface area contributed by atoms with Gasteiger partial charge in [0.15, 0.2) is 5.82 Å². The third kappa shape index (κ3) is 4.11. The number of rotatable bonds is 3. The van der Waals surface area contributed by atoms with E-state index in [1.165, 1.54) is 19.3 Å². The van der Waals surface area contributed by atoms with Crippen molar-refractivity contribution in [3.8, 4) is 11.4 Å². The van der Waals surface area contributed by atoms with E-state index in [-0.39, 0.29) is 5.91 Å². The molecule has 1 aromatic heterocycles. The SMILES string of the molecule is CN1CCN(C(=O)c2cc(N3CCCCC3)nc(-c3ccccc3)n2)CC1. The lowest BCUT2D eigenvalue weighted by Crippen LogP contribution is -2.47. The number of nitrogens with zero attached hydrogens (tertiary/aromatic N) is 5. The molecule has 27 heavy (non-hydrogen) atoms. The summed E-state index contributed by atoms with van der Waals surface area (Å²) in [6.07, 6.45) is 3.61. The summed E-state index contributed by atoms with van der Waals surface area (Å²) < 4.78 is 0. The Labute approximate surface area is 160 Å². The number of carbonyl (C=O) groups is 1. The lowest BCUT2D eigenvalue weighted by atomic mass is 10.1. The number of piperidine rings is 1. The molecular weight excluding hydrogens is 338 g/mol. The molecule has 0 N–H and O–H groups in total. The van der Waals surface area contributed by atoms with Crippen LogP contribution in [0.5, 0.6) is 0 Å². The first-order valence-corrected chi connectivity index (χ1v) is 9.88. The average Bonchev–Trinajstić information content (AvgIpc) is 2.75. The summed E-state index contributed by atoms with van der Waals surface area (Å²) >= 11 is 0. The third-order valence-corrected chi connectivity index (χ3v) is 5.43. The van der Waals surface area contributed by atoms with Crippen molar-refractivity contribution in [2.24, 2.45) is 0 Å². The predicted molar refractivity (Wildman–Crippen MR) is 107 cm³/mol. The fourth-order valence-corrected chi connectivity index (χ4v) is 3.72. The van der Waals surface area contributed by atoms with Gasteiger partial charge in [0, 0.05) is 50.9 Å². The summed E-state index contributed by atoms with van der Waals surface area (Å²) in [5, 5.41) is 0. The fourth-order valence-electron chi connectivity index (χ4n) is 3.72. The van der Waals surface area contributed by atoms with Gasteiger partial charge in [0.1, 0.15) is 11.5 Å². The van der Waals surface area contributed by atoms with Gasteiger partial charge < -0.3 is 14.7 Å². The Bertz CT molecular complexity index is 780. The first-order valence-electron chi connectivity index (χ1n) is 9.88. The highest BCUT2D eigenvalue weighted by molar-refractivity contribution is 5.93. The monoisotopic (exact) mass is 365 g/mol. The quantitative estimate of drug-likeness (QED) is 0.837. The number of anilines is 1. The highest BCUT2D eigenvalue weighted by atomic mass is 16.2. The molecule has 6 nitrogen and oxygen atoms in total. The van der Waals surface area contributed by atoms with Gasteiger partial charge in [-0.1, -0.05) is 30.3 Å². The number of piperazine rings is 1. The van der Waals surface area contributed by atoms with Gasteiger partial charge in [-0.25, -0.2) is 9.97 Å². The molecule has 0 radical (unpaired) electrons. The molecule has 0 saturated carbocycles. The molecule has 142 valence electrons. The van der Waals surface area contributed by atoms with Gasteiger partial charge in [0.25, 0.3) is 5.91 Å². The van der Waals surface area contributed by atoms with Gasteiger partial charge in [0.2, 0.25) is 0 Å². The van der Waals surface area contributed by atoms with Gasteiger partial charge >= 0.3 is 0 Å². The van der Waals surface area contributed by atoms with Crippen LogP contribution >= 0.6 is 0 Å². The van der Waals surface area contributed by atoms with Gasteiger partial charge in [-0.2, -0.15) is 0 Å². The normalized spacial score (nSPS) is 18.6. The summed E-state index contributed by atoms with van der Waals surface area (Å²) in [6.45, 7) is 5.29. The van der Waals surface area contributed by atoms with Crippen LogP contribution in [0.25, 0.3) is 11.4 Å². The highest BCUT2D eigenvalue weighted by Crippen LogP contribution is 2.23. The number of hydrogen-bond acceptors (Lipinski definition) is 5. The number of aromatic nitrogens is 2. The summed E-state index contributed by atoms with van der Waals surface area (Å²) in [6, 6.07) is 11.8. The Morgan fingerprint density at radius 3 is 2.30 bits per heavy atom. The molecule has 6 heteroatoms. The minimum absolute atomic E-state index is 0.0148. The van der Waals surface area contributed by atoms with Crippen molar-refractivity contribution in [1.29, 1.82) is 0 Å². The standard InChI is InChI=1S/C21H27N5O/c1-24-12-14-26(15-13-24)21(27)18-16-19(25-10-6-3-7-11-25)23-20(22-18)17-8-4-2-5-9-17/h2,4-5,8-9,16H,3,6-7,10-15H2,1H3. The molecule has 0 atom stereocenters. The van der Waals surface area contributed by atoms with Crippen molar-refractivity contribution in [2.45, 2.75) is 19.3 Å². The molecule has 0 bridgehead atoms. The lowest BCUT2D eigenvalue weighted by molar-refractivity contribution is 0.0658. The molecule has 2 aromatic rings. The topological polar surface area (TPSA) is 52.6 Å². The summed E-state index contributed by atoms with van der Waals surface area (Å²) in [5.74, 6) is 1.53. The van der Waals surface area contributed by atoms with E-state index in [0.29, 0.717) is 11.5 Å². The third-order valence-electron chi connectivity index (χ3n) is 5.43. The second-order valence-corrected chi connectivity index (χ2v) is 7.44. The zero-order valence-corrected chi connectivity index (χ0v) is 16.0. The summed E-state index contributed by atoms with van der Waals surface area (Å²) in [7, 11) is 2.09. The highest BCUT2D eigenvalue weighted by Gasteiger charge is 2.24. The molecule has 2 aliphatic rings. The number of carbonyl (C=O) groups excluding carboxylic acids is 1. The Balaban J connectivity index is 1.68. The first kappa shape index (κ1) is 17.9. The minimum atomic E-state index is 0.0148. The number of likely N-dealkylation sites (N-methyl/N-ethyl adjacent to an activating group) is 1. The van der Waals surface area contributed by atoms with Crippen molar-refractivity contribution in [2.75, 3.05) is 51.2 Å². The van der Waals surface area contributed by atoms with Crippen LogP contribution in [-0.2, 0) is 0 Å². The van der Waals surface area contributed by atoms with E-state index >= 15 is 0 Å². The number of hydrogen-bond donors (Lipinski definition) is 0. The van der Waals surface area contributed by atoms with E-state index in [4.69, 9.17) is 4.98 Å². The Kier molecular flexibility index (Phi) is 5.34. The Morgan fingerprint density at radius 2 is 1.59 bits per heavy atom. The van der Waals surface area contributed by atoms with E-state index in [0.717, 1.165) is 50.6 Å². The summed E-state index contributed by atoms with van der Waals surface area (Å²) in [4.78, 5) is 29.0. The molecule has 4 rings (SSSR count). The van der Waals surface area contributed by atoms with E-state index in [2.05, 4.69) is 21.8 Å². The number of amides is 1. The van der Waals surface area contributed by atoms with E-state index < -0.39 is 0 Å². The molecular formula is C21H27N5O. The molecule has 0 aliphatic carbocycles. The van der Waals surface area contributed by atoms with E-state index in [1.54, 1.807) is 0 Å².